The fourth-order valence-corrected chi connectivity index (χ4v) is 5.74. The van der Waals surface area contributed by atoms with Crippen LogP contribution in [-0.2, 0) is 4.79 Å². The lowest BCUT2D eigenvalue weighted by molar-refractivity contribution is -0.133. The fourth-order valence-electron chi connectivity index (χ4n) is 5.53. The van der Waals surface area contributed by atoms with E-state index >= 15 is 0 Å². The minimum atomic E-state index is -0.515. The predicted molar refractivity (Wildman–Crippen MR) is 126 cm³/mol. The van der Waals surface area contributed by atoms with Crippen molar-refractivity contribution < 1.29 is 19.4 Å². The molecule has 4 fully saturated rings. The van der Waals surface area contributed by atoms with Gasteiger partial charge in [-0.15, -0.1) is 0 Å². The number of aromatic nitrogens is 3. The second-order valence-electron chi connectivity index (χ2n) is 9.93. The summed E-state index contributed by atoms with van der Waals surface area (Å²) in [6.07, 6.45) is 7.60. The molecule has 0 unspecified atom stereocenters. The van der Waals surface area contributed by atoms with Crippen LogP contribution in [0.5, 0.6) is 5.88 Å². The Morgan fingerprint density at radius 1 is 1.18 bits per heavy atom. The lowest BCUT2D eigenvalue weighted by Gasteiger charge is -2.51. The summed E-state index contributed by atoms with van der Waals surface area (Å²) in [6, 6.07) is 3.36. The largest absolute Gasteiger partial charge is 0.481 e. The number of piperidine rings is 1. The SMILES string of the molecule is COc1cc(-c2cc(C(=O)N3CCC(C(=O)NC45CCC(O)(CC4)CC5)CC3)n[nH]2)c(Cl)cn1. The zero-order valence-corrected chi connectivity index (χ0v) is 20.0. The van der Waals surface area contributed by atoms with Gasteiger partial charge in [0.15, 0.2) is 5.69 Å². The number of carbonyl (C=O) groups excluding carboxylic acids is 2. The molecule has 34 heavy (non-hydrogen) atoms. The molecule has 1 aliphatic heterocycles. The normalized spacial score (nSPS) is 27.0. The number of fused-ring (bicyclic) bond motifs is 3. The molecule has 2 bridgehead atoms. The molecule has 6 rings (SSSR count). The first-order valence-corrected chi connectivity index (χ1v) is 12.3. The summed E-state index contributed by atoms with van der Waals surface area (Å²) in [7, 11) is 1.52. The summed E-state index contributed by atoms with van der Waals surface area (Å²) >= 11 is 6.26. The van der Waals surface area contributed by atoms with Crippen molar-refractivity contribution in [3.63, 3.8) is 0 Å². The number of hydrogen-bond donors (Lipinski definition) is 3. The third-order valence-corrected chi connectivity index (χ3v) is 8.18. The Hall–Kier alpha value is -2.65. The van der Waals surface area contributed by atoms with Crippen LogP contribution in [0.15, 0.2) is 18.3 Å². The van der Waals surface area contributed by atoms with Crippen molar-refractivity contribution >= 4 is 23.4 Å². The van der Waals surface area contributed by atoms with Gasteiger partial charge in [0, 0.05) is 36.2 Å². The van der Waals surface area contributed by atoms with Crippen LogP contribution in [0.1, 0.15) is 61.9 Å². The minimum absolute atomic E-state index is 0.0859. The van der Waals surface area contributed by atoms with Gasteiger partial charge in [-0.1, -0.05) is 11.6 Å². The standard InChI is InChI=1S/C24H30ClN5O4/c1-34-20-12-16(17(25)14-26-20)18-13-19(29-28-18)22(32)30-10-2-15(3-11-30)21(31)27-23-4-7-24(33,8-5-23)9-6-23/h12-15,33H,2-11H2,1H3,(H,27,31)(H,28,29). The van der Waals surface area contributed by atoms with E-state index in [4.69, 9.17) is 16.3 Å². The van der Waals surface area contributed by atoms with E-state index in [1.54, 1.807) is 17.0 Å². The van der Waals surface area contributed by atoms with Crippen LogP contribution >= 0.6 is 11.6 Å². The van der Waals surface area contributed by atoms with Crippen LogP contribution in [0.2, 0.25) is 5.02 Å². The van der Waals surface area contributed by atoms with Gasteiger partial charge < -0.3 is 20.1 Å². The predicted octanol–water partition coefficient (Wildman–Crippen LogP) is 2.94. The van der Waals surface area contributed by atoms with Gasteiger partial charge in [0.1, 0.15) is 0 Å². The lowest BCUT2D eigenvalue weighted by Crippen LogP contribution is -2.60. The molecule has 2 aromatic rings. The summed E-state index contributed by atoms with van der Waals surface area (Å²) < 4.78 is 5.16. The summed E-state index contributed by atoms with van der Waals surface area (Å²) in [5.74, 6) is 0.233. The van der Waals surface area contributed by atoms with E-state index in [0.717, 1.165) is 38.5 Å². The van der Waals surface area contributed by atoms with Gasteiger partial charge in [0.25, 0.3) is 5.91 Å². The first-order chi connectivity index (χ1) is 16.3. The first-order valence-electron chi connectivity index (χ1n) is 11.9. The Kier molecular flexibility index (Phi) is 6.02. The molecule has 3 saturated carbocycles. The van der Waals surface area contributed by atoms with Gasteiger partial charge in [0.2, 0.25) is 11.8 Å². The number of nitrogens with zero attached hydrogens (tertiary/aromatic N) is 3. The van der Waals surface area contributed by atoms with Gasteiger partial charge in [0.05, 0.1) is 29.6 Å². The highest BCUT2D eigenvalue weighted by molar-refractivity contribution is 6.33. The maximum Gasteiger partial charge on any atom is 0.274 e. The highest BCUT2D eigenvalue weighted by Gasteiger charge is 2.48. The quantitative estimate of drug-likeness (QED) is 0.596. The highest BCUT2D eigenvalue weighted by atomic mass is 35.5. The van der Waals surface area contributed by atoms with Gasteiger partial charge in [-0.05, 0) is 57.4 Å². The number of rotatable bonds is 5. The van der Waals surface area contributed by atoms with Crippen molar-refractivity contribution in [1.82, 2.24) is 25.4 Å². The van der Waals surface area contributed by atoms with Crippen LogP contribution < -0.4 is 10.1 Å². The van der Waals surface area contributed by atoms with Crippen molar-refractivity contribution in [2.75, 3.05) is 20.2 Å². The number of nitrogens with one attached hydrogen (secondary N) is 2. The van der Waals surface area contributed by atoms with E-state index < -0.39 is 5.60 Å². The molecule has 0 atom stereocenters. The Morgan fingerprint density at radius 3 is 2.50 bits per heavy atom. The van der Waals surface area contributed by atoms with Crippen molar-refractivity contribution in [2.45, 2.75) is 62.5 Å². The van der Waals surface area contributed by atoms with Crippen molar-refractivity contribution in [2.24, 2.45) is 5.92 Å². The van der Waals surface area contributed by atoms with Crippen LogP contribution in [0.3, 0.4) is 0 Å². The van der Waals surface area contributed by atoms with E-state index in [1.165, 1.54) is 13.3 Å². The number of amides is 2. The summed E-state index contributed by atoms with van der Waals surface area (Å²) in [5, 5.41) is 21.2. The Bertz CT molecular complexity index is 1070. The number of halogens is 1. The van der Waals surface area contributed by atoms with Crippen molar-refractivity contribution in [3.8, 4) is 17.1 Å². The average molecular weight is 488 g/mol. The zero-order chi connectivity index (χ0) is 23.9. The molecule has 0 spiro atoms. The maximum atomic E-state index is 13.0. The van der Waals surface area contributed by atoms with Gasteiger partial charge in [-0.3, -0.25) is 14.7 Å². The van der Waals surface area contributed by atoms with E-state index in [0.29, 0.717) is 53.8 Å². The van der Waals surface area contributed by atoms with Crippen LogP contribution in [-0.4, -0.2) is 68.3 Å². The third kappa shape index (κ3) is 4.38. The average Bonchev–Trinajstić information content (AvgIpc) is 3.35. The summed E-state index contributed by atoms with van der Waals surface area (Å²) in [4.78, 5) is 31.8. The smallest absolute Gasteiger partial charge is 0.274 e. The molecule has 182 valence electrons. The molecule has 3 N–H and O–H groups in total. The first kappa shape index (κ1) is 23.1. The van der Waals surface area contributed by atoms with E-state index in [2.05, 4.69) is 20.5 Å². The Balaban J connectivity index is 1.18. The number of hydrogen-bond acceptors (Lipinski definition) is 6. The van der Waals surface area contributed by atoms with E-state index in [9.17, 15) is 14.7 Å². The van der Waals surface area contributed by atoms with Gasteiger partial charge in [-0.2, -0.15) is 5.10 Å². The molecule has 0 radical (unpaired) electrons. The lowest BCUT2D eigenvalue weighted by atomic mass is 9.63. The van der Waals surface area contributed by atoms with Gasteiger partial charge in [-0.25, -0.2) is 4.98 Å². The number of ether oxygens (including phenoxy) is 1. The second kappa shape index (κ2) is 8.85. The molecule has 9 nitrogen and oxygen atoms in total. The third-order valence-electron chi connectivity index (χ3n) is 7.87. The monoisotopic (exact) mass is 487 g/mol. The van der Waals surface area contributed by atoms with Crippen LogP contribution in [0, 0.1) is 5.92 Å². The molecule has 3 aliphatic carbocycles. The van der Waals surface area contributed by atoms with Gasteiger partial charge >= 0.3 is 0 Å². The molecule has 3 heterocycles. The Morgan fingerprint density at radius 2 is 1.85 bits per heavy atom. The van der Waals surface area contributed by atoms with Crippen LogP contribution in [0.4, 0.5) is 0 Å². The van der Waals surface area contributed by atoms with E-state index in [-0.39, 0.29) is 23.3 Å². The minimum Gasteiger partial charge on any atom is -0.481 e. The number of aromatic amines is 1. The number of aliphatic hydroxyl groups is 1. The van der Waals surface area contributed by atoms with Crippen molar-refractivity contribution in [3.05, 3.63) is 29.0 Å². The number of likely N-dealkylation sites (tertiary alicyclic amines) is 1. The molecular formula is C24H30ClN5O4. The molecule has 0 aromatic carbocycles. The molecular weight excluding hydrogens is 458 g/mol. The van der Waals surface area contributed by atoms with Crippen molar-refractivity contribution in [1.29, 1.82) is 0 Å². The fraction of sp³-hybridized carbons (Fsp3) is 0.583. The number of pyridine rings is 1. The second-order valence-corrected chi connectivity index (χ2v) is 10.3. The molecule has 1 saturated heterocycles. The highest BCUT2D eigenvalue weighted by Crippen LogP contribution is 2.47. The maximum absolute atomic E-state index is 13.0. The number of methoxy groups -OCH3 is 1. The summed E-state index contributed by atoms with van der Waals surface area (Å²) in [5.41, 5.74) is 0.893. The van der Waals surface area contributed by atoms with E-state index in [1.807, 2.05) is 0 Å². The zero-order valence-electron chi connectivity index (χ0n) is 19.3. The number of H-pyrrole nitrogens is 1. The number of carbonyl (C=O) groups is 2. The van der Waals surface area contributed by atoms with Crippen LogP contribution in [0.25, 0.3) is 11.3 Å². The topological polar surface area (TPSA) is 120 Å². The molecule has 4 aliphatic rings. The molecule has 2 amide bonds. The molecule has 2 aromatic heterocycles. The molecule has 10 heteroatoms. The summed E-state index contributed by atoms with van der Waals surface area (Å²) in [6.45, 7) is 1.02. The Labute approximate surface area is 203 Å².